The van der Waals surface area contributed by atoms with Crippen LogP contribution in [0.3, 0.4) is 0 Å². The van der Waals surface area contributed by atoms with Gasteiger partial charge in [-0.15, -0.1) is 0 Å². The normalized spacial score (nSPS) is 15.1. The van der Waals surface area contributed by atoms with E-state index in [4.69, 9.17) is 5.10 Å². The number of hydrogen-bond donors (Lipinski definition) is 1. The molecule has 2 aromatic carbocycles. The molecule has 3 aromatic rings. The molecule has 0 saturated carbocycles. The molecular weight excluding hydrogens is 362 g/mol. The number of aromatic nitrogens is 2. The lowest BCUT2D eigenvalue weighted by molar-refractivity contribution is -0.127. The number of rotatable bonds is 5. The van der Waals surface area contributed by atoms with Gasteiger partial charge in [0.25, 0.3) is 0 Å². The third-order valence-corrected chi connectivity index (χ3v) is 5.21. The van der Waals surface area contributed by atoms with E-state index in [-0.39, 0.29) is 12.0 Å². The average Bonchev–Trinajstić information content (AvgIpc) is 3.16. The number of aliphatic hydroxyl groups is 1. The third-order valence-electron chi connectivity index (χ3n) is 5.21. The molecule has 1 aliphatic heterocycles. The SMILES string of the molecule is O=C(/C=C/c1cn(Cc2ccccc2)nc1-c1ccccc1)N1CCC(O)CC1. The van der Waals surface area contributed by atoms with Gasteiger partial charge in [0.05, 0.1) is 18.3 Å². The van der Waals surface area contributed by atoms with E-state index in [9.17, 15) is 9.90 Å². The van der Waals surface area contributed by atoms with Gasteiger partial charge in [0.1, 0.15) is 0 Å². The van der Waals surface area contributed by atoms with E-state index in [2.05, 4.69) is 12.1 Å². The number of piperidine rings is 1. The van der Waals surface area contributed by atoms with Gasteiger partial charge in [-0.25, -0.2) is 0 Å². The first-order valence-corrected chi connectivity index (χ1v) is 10.0. The number of aliphatic hydroxyl groups excluding tert-OH is 1. The number of benzene rings is 2. The molecule has 1 aliphatic rings. The largest absolute Gasteiger partial charge is 0.393 e. The van der Waals surface area contributed by atoms with Crippen LogP contribution in [0.25, 0.3) is 17.3 Å². The highest BCUT2D eigenvalue weighted by Crippen LogP contribution is 2.24. The standard InChI is InChI=1S/C24H25N3O2/c28-22-13-15-26(16-14-22)23(29)12-11-21-18-27(17-19-7-3-1-4-8-19)25-24(21)20-9-5-2-6-10-20/h1-12,18,22,28H,13-17H2/b12-11+. The number of hydrogen-bond acceptors (Lipinski definition) is 3. The number of likely N-dealkylation sites (tertiary alicyclic amines) is 1. The molecule has 5 heteroatoms. The molecule has 0 bridgehead atoms. The topological polar surface area (TPSA) is 58.4 Å². The van der Waals surface area contributed by atoms with Gasteiger partial charge < -0.3 is 10.0 Å². The highest BCUT2D eigenvalue weighted by Gasteiger charge is 2.19. The molecule has 0 atom stereocenters. The molecule has 2 heterocycles. The van der Waals surface area contributed by atoms with Gasteiger partial charge in [-0.3, -0.25) is 9.48 Å². The zero-order valence-electron chi connectivity index (χ0n) is 16.3. The van der Waals surface area contributed by atoms with Crippen LogP contribution in [-0.2, 0) is 11.3 Å². The molecule has 0 spiro atoms. The van der Waals surface area contributed by atoms with Gasteiger partial charge >= 0.3 is 0 Å². The van der Waals surface area contributed by atoms with Gasteiger partial charge in [0.2, 0.25) is 5.91 Å². The van der Waals surface area contributed by atoms with Crippen molar-refractivity contribution in [3.05, 3.63) is 84.1 Å². The number of carbonyl (C=O) groups excluding carboxylic acids is 1. The van der Waals surface area contributed by atoms with Gasteiger partial charge in [-0.1, -0.05) is 60.7 Å². The van der Waals surface area contributed by atoms with Crippen molar-refractivity contribution in [1.82, 2.24) is 14.7 Å². The van der Waals surface area contributed by atoms with Crippen LogP contribution in [0.2, 0.25) is 0 Å². The van der Waals surface area contributed by atoms with Gasteiger partial charge in [0, 0.05) is 36.5 Å². The highest BCUT2D eigenvalue weighted by molar-refractivity contribution is 5.92. The van der Waals surface area contributed by atoms with E-state index in [1.54, 1.807) is 11.0 Å². The maximum Gasteiger partial charge on any atom is 0.246 e. The Hall–Kier alpha value is -3.18. The van der Waals surface area contributed by atoms with Crippen molar-refractivity contribution in [2.45, 2.75) is 25.5 Å². The van der Waals surface area contributed by atoms with Crippen LogP contribution in [0.1, 0.15) is 24.0 Å². The molecule has 5 nitrogen and oxygen atoms in total. The Morgan fingerprint density at radius 2 is 1.69 bits per heavy atom. The Morgan fingerprint density at radius 3 is 2.38 bits per heavy atom. The van der Waals surface area contributed by atoms with E-state index in [0.29, 0.717) is 32.5 Å². The molecule has 1 aromatic heterocycles. The summed E-state index contributed by atoms with van der Waals surface area (Å²) in [5, 5.41) is 14.4. The first-order chi connectivity index (χ1) is 14.2. The molecule has 1 amide bonds. The number of nitrogens with zero attached hydrogens (tertiary/aromatic N) is 3. The lowest BCUT2D eigenvalue weighted by atomic mass is 10.1. The van der Waals surface area contributed by atoms with Crippen molar-refractivity contribution in [3.63, 3.8) is 0 Å². The van der Waals surface area contributed by atoms with Crippen LogP contribution in [0, 0.1) is 0 Å². The van der Waals surface area contributed by atoms with Crippen molar-refractivity contribution < 1.29 is 9.90 Å². The summed E-state index contributed by atoms with van der Waals surface area (Å²) in [5.74, 6) is -0.0216. The Bertz CT molecular complexity index is 972. The van der Waals surface area contributed by atoms with E-state index < -0.39 is 0 Å². The summed E-state index contributed by atoms with van der Waals surface area (Å²) in [7, 11) is 0. The molecule has 148 valence electrons. The maximum absolute atomic E-state index is 12.6. The quantitative estimate of drug-likeness (QED) is 0.681. The van der Waals surface area contributed by atoms with E-state index >= 15 is 0 Å². The van der Waals surface area contributed by atoms with Crippen LogP contribution >= 0.6 is 0 Å². The molecule has 0 aliphatic carbocycles. The van der Waals surface area contributed by atoms with Crippen LogP contribution in [0.4, 0.5) is 0 Å². The summed E-state index contributed by atoms with van der Waals surface area (Å²) in [6.07, 6.45) is 6.45. The summed E-state index contributed by atoms with van der Waals surface area (Å²) < 4.78 is 1.92. The van der Waals surface area contributed by atoms with Gasteiger partial charge in [-0.05, 0) is 24.5 Å². The monoisotopic (exact) mass is 387 g/mol. The predicted molar refractivity (Wildman–Crippen MR) is 114 cm³/mol. The minimum atomic E-state index is -0.288. The average molecular weight is 387 g/mol. The number of carbonyl (C=O) groups is 1. The van der Waals surface area contributed by atoms with Crippen LogP contribution in [0.15, 0.2) is 72.9 Å². The highest BCUT2D eigenvalue weighted by atomic mass is 16.3. The molecule has 0 radical (unpaired) electrons. The fourth-order valence-electron chi connectivity index (χ4n) is 3.58. The van der Waals surface area contributed by atoms with E-state index in [1.807, 2.05) is 65.5 Å². The molecule has 29 heavy (non-hydrogen) atoms. The lowest BCUT2D eigenvalue weighted by Crippen LogP contribution is -2.39. The zero-order chi connectivity index (χ0) is 20.1. The lowest BCUT2D eigenvalue weighted by Gasteiger charge is -2.28. The van der Waals surface area contributed by atoms with Crippen LogP contribution in [-0.4, -0.2) is 44.9 Å². The molecule has 4 rings (SSSR count). The van der Waals surface area contributed by atoms with Crippen molar-refractivity contribution >= 4 is 12.0 Å². The smallest absolute Gasteiger partial charge is 0.246 e. The first-order valence-electron chi connectivity index (χ1n) is 10.0. The van der Waals surface area contributed by atoms with Crippen molar-refractivity contribution in [1.29, 1.82) is 0 Å². The zero-order valence-corrected chi connectivity index (χ0v) is 16.3. The second kappa shape index (κ2) is 8.88. The summed E-state index contributed by atoms with van der Waals surface area (Å²) in [6, 6.07) is 20.2. The van der Waals surface area contributed by atoms with E-state index in [1.165, 1.54) is 5.56 Å². The van der Waals surface area contributed by atoms with Gasteiger partial charge in [0.15, 0.2) is 0 Å². The molecule has 1 saturated heterocycles. The van der Waals surface area contributed by atoms with E-state index in [0.717, 1.165) is 16.8 Å². The molecule has 1 fully saturated rings. The molecular formula is C24H25N3O2. The number of amides is 1. The predicted octanol–water partition coefficient (Wildman–Crippen LogP) is 3.59. The Labute approximate surface area is 170 Å². The van der Waals surface area contributed by atoms with Crippen LogP contribution < -0.4 is 0 Å². The first kappa shape index (κ1) is 19.2. The van der Waals surface area contributed by atoms with Gasteiger partial charge in [-0.2, -0.15) is 5.10 Å². The fraction of sp³-hybridized carbons (Fsp3) is 0.250. The summed E-state index contributed by atoms with van der Waals surface area (Å²) in [5.41, 5.74) is 3.97. The Morgan fingerprint density at radius 1 is 1.03 bits per heavy atom. The van der Waals surface area contributed by atoms with Crippen molar-refractivity contribution in [2.24, 2.45) is 0 Å². The second-order valence-electron chi connectivity index (χ2n) is 7.37. The Kier molecular flexibility index (Phi) is 5.86. The third kappa shape index (κ3) is 4.81. The molecule has 1 N–H and O–H groups in total. The summed E-state index contributed by atoms with van der Waals surface area (Å²) >= 11 is 0. The minimum Gasteiger partial charge on any atom is -0.393 e. The minimum absolute atomic E-state index is 0.0216. The summed E-state index contributed by atoms with van der Waals surface area (Å²) in [6.45, 7) is 1.87. The Balaban J connectivity index is 1.58. The summed E-state index contributed by atoms with van der Waals surface area (Å²) in [4.78, 5) is 14.3. The van der Waals surface area contributed by atoms with Crippen molar-refractivity contribution in [3.8, 4) is 11.3 Å². The van der Waals surface area contributed by atoms with Crippen LogP contribution in [0.5, 0.6) is 0 Å². The fourth-order valence-corrected chi connectivity index (χ4v) is 3.58. The maximum atomic E-state index is 12.6. The second-order valence-corrected chi connectivity index (χ2v) is 7.37. The molecule has 0 unspecified atom stereocenters. The van der Waals surface area contributed by atoms with Crippen molar-refractivity contribution in [2.75, 3.05) is 13.1 Å².